The van der Waals surface area contributed by atoms with Gasteiger partial charge in [0, 0.05) is 5.56 Å². The smallest absolute Gasteiger partial charge is 0.491 e. The summed E-state index contributed by atoms with van der Waals surface area (Å²) in [7, 11) is -0.436. The van der Waals surface area contributed by atoms with Gasteiger partial charge >= 0.3 is 12.5 Å². The Morgan fingerprint density at radius 3 is 2.48 bits per heavy atom. The highest BCUT2D eigenvalue weighted by Gasteiger charge is 2.51. The molecule has 1 saturated heterocycles. The molecule has 0 bridgehead atoms. The van der Waals surface area contributed by atoms with E-state index in [1.165, 1.54) is 0 Å². The maximum absolute atomic E-state index is 11.5. The molecule has 23 heavy (non-hydrogen) atoms. The van der Waals surface area contributed by atoms with Crippen LogP contribution in [0, 0.1) is 0 Å². The van der Waals surface area contributed by atoms with Crippen LogP contribution in [-0.4, -0.2) is 41.7 Å². The molecular formula is C16H21BClNO4. The molecule has 3 rings (SSSR count). The topological polar surface area (TPSA) is 48.0 Å². The van der Waals surface area contributed by atoms with Gasteiger partial charge in [-0.15, -0.1) is 0 Å². The molecule has 0 spiro atoms. The van der Waals surface area contributed by atoms with Crippen LogP contribution in [0.15, 0.2) is 18.2 Å². The average Bonchev–Trinajstić information content (AvgIpc) is 2.63. The van der Waals surface area contributed by atoms with Crippen LogP contribution >= 0.6 is 11.6 Å². The summed E-state index contributed by atoms with van der Waals surface area (Å²) in [6.45, 7) is 9.41. The molecular weight excluding hydrogens is 316 g/mol. The first kappa shape index (κ1) is 16.6. The lowest BCUT2D eigenvalue weighted by Gasteiger charge is -2.32. The summed E-state index contributed by atoms with van der Waals surface area (Å²) >= 11 is 5.62. The predicted molar refractivity (Wildman–Crippen MR) is 89.3 cm³/mol. The molecule has 5 nitrogen and oxygen atoms in total. The monoisotopic (exact) mass is 337 g/mol. The second-order valence-corrected chi connectivity index (χ2v) is 7.30. The molecule has 1 aromatic rings. The highest BCUT2D eigenvalue weighted by atomic mass is 35.5. The van der Waals surface area contributed by atoms with Gasteiger partial charge in [0.1, 0.15) is 12.4 Å². The lowest BCUT2D eigenvalue weighted by molar-refractivity contribution is 0.00578. The number of ether oxygens (including phenoxy) is 1. The standard InChI is InChI=1S/C16H21BClNO4/c1-15(2)16(3,4)23-17(22-15)12-5-6-13-11(9-12)10-19(14(18)20)7-8-21-13/h5-6,9H,7-8,10H2,1-4H3. The first-order chi connectivity index (χ1) is 10.7. The van der Waals surface area contributed by atoms with Crippen LogP contribution < -0.4 is 10.2 Å². The summed E-state index contributed by atoms with van der Waals surface area (Å²) in [5.74, 6) is 0.769. The van der Waals surface area contributed by atoms with Gasteiger partial charge in [0.15, 0.2) is 0 Å². The third-order valence-corrected chi connectivity index (χ3v) is 5.08. The second kappa shape index (κ2) is 5.69. The molecule has 124 valence electrons. The van der Waals surface area contributed by atoms with E-state index in [1.807, 2.05) is 45.9 Å². The Balaban J connectivity index is 1.88. The van der Waals surface area contributed by atoms with E-state index in [9.17, 15) is 4.79 Å². The second-order valence-electron chi connectivity index (χ2n) is 6.98. The van der Waals surface area contributed by atoms with Crippen molar-refractivity contribution in [1.82, 2.24) is 4.90 Å². The van der Waals surface area contributed by atoms with E-state index in [-0.39, 0.29) is 11.2 Å². The third kappa shape index (κ3) is 3.07. The molecule has 0 N–H and O–H groups in total. The number of rotatable bonds is 1. The fourth-order valence-electron chi connectivity index (χ4n) is 2.69. The number of fused-ring (bicyclic) bond motifs is 1. The largest absolute Gasteiger partial charge is 0.494 e. The van der Waals surface area contributed by atoms with Gasteiger partial charge in [-0.2, -0.15) is 0 Å². The molecule has 0 atom stereocenters. The maximum Gasteiger partial charge on any atom is 0.494 e. The fourth-order valence-corrected chi connectivity index (χ4v) is 2.83. The van der Waals surface area contributed by atoms with Crippen molar-refractivity contribution in [1.29, 1.82) is 0 Å². The van der Waals surface area contributed by atoms with Crippen LogP contribution in [0.5, 0.6) is 5.75 Å². The van der Waals surface area contributed by atoms with E-state index >= 15 is 0 Å². The van der Waals surface area contributed by atoms with Crippen molar-refractivity contribution < 1.29 is 18.8 Å². The summed E-state index contributed by atoms with van der Waals surface area (Å²) < 4.78 is 17.8. The summed E-state index contributed by atoms with van der Waals surface area (Å²) in [6, 6.07) is 5.81. The number of halogens is 1. The van der Waals surface area contributed by atoms with Gasteiger partial charge in [0.25, 0.3) is 0 Å². The minimum atomic E-state index is -0.470. The number of benzene rings is 1. The first-order valence-electron chi connectivity index (χ1n) is 7.75. The Morgan fingerprint density at radius 2 is 1.87 bits per heavy atom. The minimum absolute atomic E-state index is 0.390. The predicted octanol–water partition coefficient (Wildman–Crippen LogP) is 2.54. The van der Waals surface area contributed by atoms with Gasteiger partial charge in [0.2, 0.25) is 0 Å². The summed E-state index contributed by atoms with van der Waals surface area (Å²) in [5.41, 5.74) is 1.04. The van der Waals surface area contributed by atoms with Crippen LogP contribution in [0.4, 0.5) is 4.79 Å². The van der Waals surface area contributed by atoms with Crippen molar-refractivity contribution in [2.75, 3.05) is 13.2 Å². The zero-order chi connectivity index (χ0) is 16.8. The van der Waals surface area contributed by atoms with Crippen LogP contribution in [-0.2, 0) is 15.9 Å². The highest BCUT2D eigenvalue weighted by Crippen LogP contribution is 2.36. The van der Waals surface area contributed by atoms with Gasteiger partial charge in [0.05, 0.1) is 24.3 Å². The molecule has 0 aliphatic carbocycles. The summed E-state index contributed by atoms with van der Waals surface area (Å²) in [5, 5.41) is -0.470. The minimum Gasteiger partial charge on any atom is -0.491 e. The van der Waals surface area contributed by atoms with E-state index in [1.54, 1.807) is 4.90 Å². The van der Waals surface area contributed by atoms with Crippen molar-refractivity contribution in [2.24, 2.45) is 0 Å². The molecule has 0 aromatic heterocycles. The molecule has 0 unspecified atom stereocenters. The van der Waals surface area contributed by atoms with Crippen molar-refractivity contribution in [3.05, 3.63) is 23.8 Å². The zero-order valence-electron chi connectivity index (χ0n) is 13.9. The Hall–Kier alpha value is -1.24. The maximum atomic E-state index is 11.5. The summed E-state index contributed by atoms with van der Waals surface area (Å²) in [4.78, 5) is 13.0. The Morgan fingerprint density at radius 1 is 1.22 bits per heavy atom. The summed E-state index contributed by atoms with van der Waals surface area (Å²) in [6.07, 6.45) is 0. The van der Waals surface area contributed by atoms with Crippen molar-refractivity contribution in [3.63, 3.8) is 0 Å². The third-order valence-electron chi connectivity index (χ3n) is 4.84. The zero-order valence-corrected chi connectivity index (χ0v) is 14.6. The number of hydrogen-bond acceptors (Lipinski definition) is 4. The van der Waals surface area contributed by atoms with Gasteiger partial charge in [-0.25, -0.2) is 0 Å². The highest BCUT2D eigenvalue weighted by molar-refractivity contribution is 6.63. The quantitative estimate of drug-likeness (QED) is 0.449. The van der Waals surface area contributed by atoms with Crippen molar-refractivity contribution >= 4 is 29.5 Å². The molecule has 2 aliphatic heterocycles. The Bertz CT molecular complexity index is 619. The van der Waals surface area contributed by atoms with Crippen LogP contribution in [0.25, 0.3) is 0 Å². The normalized spacial score (nSPS) is 22.3. The van der Waals surface area contributed by atoms with Crippen LogP contribution in [0.3, 0.4) is 0 Å². The molecule has 2 aliphatic rings. The van der Waals surface area contributed by atoms with Crippen LogP contribution in [0.2, 0.25) is 0 Å². The van der Waals surface area contributed by atoms with Gasteiger partial charge in [-0.1, -0.05) is 12.1 Å². The van der Waals surface area contributed by atoms with Gasteiger partial charge in [-0.3, -0.25) is 4.79 Å². The van der Waals surface area contributed by atoms with Crippen LogP contribution in [0.1, 0.15) is 33.3 Å². The number of carbonyl (C=O) groups is 1. The van der Waals surface area contributed by atoms with Gasteiger partial charge in [-0.05, 0) is 50.8 Å². The number of nitrogens with zero attached hydrogens (tertiary/aromatic N) is 1. The number of carbonyl (C=O) groups excluding carboxylic acids is 1. The van der Waals surface area contributed by atoms with E-state index < -0.39 is 12.5 Å². The lowest BCUT2D eigenvalue weighted by atomic mass is 9.78. The first-order valence-corrected chi connectivity index (χ1v) is 8.13. The molecule has 1 aromatic carbocycles. The van der Waals surface area contributed by atoms with Crippen molar-refractivity contribution in [3.8, 4) is 5.75 Å². The van der Waals surface area contributed by atoms with E-state index in [0.717, 1.165) is 16.8 Å². The molecule has 2 heterocycles. The molecule has 1 amide bonds. The molecule has 1 fully saturated rings. The van der Waals surface area contributed by atoms with E-state index in [4.69, 9.17) is 25.6 Å². The molecule has 7 heteroatoms. The number of amides is 1. The molecule has 0 saturated carbocycles. The average molecular weight is 338 g/mol. The lowest BCUT2D eigenvalue weighted by Crippen LogP contribution is -2.41. The number of hydrogen-bond donors (Lipinski definition) is 0. The Kier molecular flexibility index (Phi) is 4.11. The Labute approximate surface area is 142 Å². The van der Waals surface area contributed by atoms with E-state index in [2.05, 4.69) is 0 Å². The molecule has 0 radical (unpaired) electrons. The SMILES string of the molecule is CC1(C)OB(c2ccc3c(c2)CN(C(=O)Cl)CCO3)OC1(C)C. The van der Waals surface area contributed by atoms with Crippen molar-refractivity contribution in [2.45, 2.75) is 45.4 Å². The fraction of sp³-hybridized carbons (Fsp3) is 0.562. The van der Waals surface area contributed by atoms with Gasteiger partial charge < -0.3 is 18.9 Å². The van der Waals surface area contributed by atoms with E-state index in [0.29, 0.717) is 19.7 Å².